The highest BCUT2D eigenvalue weighted by Crippen LogP contribution is 2.25. The summed E-state index contributed by atoms with van der Waals surface area (Å²) in [7, 11) is -1.24. The highest BCUT2D eigenvalue weighted by molar-refractivity contribution is 7.84. The van der Waals surface area contributed by atoms with Crippen molar-refractivity contribution in [3.63, 3.8) is 0 Å². The summed E-state index contributed by atoms with van der Waals surface area (Å²) >= 11 is 0. The van der Waals surface area contributed by atoms with Crippen molar-refractivity contribution in [2.45, 2.75) is 4.90 Å². The minimum atomic E-state index is -1.24. The second-order valence-corrected chi connectivity index (χ2v) is 4.67. The first-order chi connectivity index (χ1) is 7.86. The number of fused-ring (bicyclic) bond motifs is 1. The largest absolute Gasteiger partial charge is 0.229 e. The van der Waals surface area contributed by atoms with E-state index in [4.69, 9.17) is 0 Å². The van der Waals surface area contributed by atoms with Gasteiger partial charge in [-0.05, 0) is 6.07 Å². The average molecular weight is 227 g/mol. The molecule has 0 aliphatic carbocycles. The lowest BCUT2D eigenvalue weighted by Crippen LogP contribution is -1.99. The van der Waals surface area contributed by atoms with E-state index in [9.17, 15) is 4.21 Å². The first-order valence-corrected chi connectivity index (χ1v) is 6.12. The number of rotatable bonds is 1. The molecule has 0 aromatic heterocycles. The van der Waals surface area contributed by atoms with Crippen molar-refractivity contribution < 1.29 is 4.21 Å². The van der Waals surface area contributed by atoms with Crippen LogP contribution in [0.5, 0.6) is 0 Å². The number of benzene rings is 2. The predicted molar refractivity (Wildman–Crippen MR) is 64.9 cm³/mol. The van der Waals surface area contributed by atoms with E-state index < -0.39 is 11.0 Å². The van der Waals surface area contributed by atoms with E-state index >= 15 is 0 Å². The van der Waals surface area contributed by atoms with Gasteiger partial charge >= 0.3 is 0 Å². The summed E-state index contributed by atoms with van der Waals surface area (Å²) in [5.74, 6) is 0. The third-order valence-electron chi connectivity index (χ3n) is 2.55. The van der Waals surface area contributed by atoms with E-state index in [0.29, 0.717) is 0 Å². The van der Waals surface area contributed by atoms with Crippen LogP contribution in [0.3, 0.4) is 0 Å². The molecule has 2 nitrogen and oxygen atoms in total. The molecule has 78 valence electrons. The molecule has 16 heavy (non-hydrogen) atoms. The Morgan fingerprint density at radius 2 is 1.56 bits per heavy atom. The van der Waals surface area contributed by atoms with Gasteiger partial charge in [0, 0.05) is 11.1 Å². The van der Waals surface area contributed by atoms with Gasteiger partial charge in [-0.1, -0.05) is 48.5 Å². The molecule has 0 N–H and O–H groups in total. The number of hydrogen-bond acceptors (Lipinski definition) is 1. The molecule has 1 unspecified atom stereocenters. The molecule has 0 saturated heterocycles. The quantitative estimate of drug-likeness (QED) is 0.736. The zero-order chi connectivity index (χ0) is 11.0. The fourth-order valence-electron chi connectivity index (χ4n) is 1.80. The van der Waals surface area contributed by atoms with Crippen LogP contribution < -0.4 is 0 Å². The van der Waals surface area contributed by atoms with Crippen LogP contribution in [0.1, 0.15) is 11.1 Å². The normalized spacial score (nSPS) is 18.0. The predicted octanol–water partition coefficient (Wildman–Crippen LogP) is 2.56. The molecule has 3 rings (SSSR count). The Morgan fingerprint density at radius 3 is 2.38 bits per heavy atom. The minimum absolute atomic E-state index is 0.807. The van der Waals surface area contributed by atoms with Gasteiger partial charge in [-0.2, -0.15) is 4.40 Å². The fourth-order valence-corrected chi connectivity index (χ4v) is 2.82. The van der Waals surface area contributed by atoms with Crippen molar-refractivity contribution in [2.75, 3.05) is 0 Å². The lowest BCUT2D eigenvalue weighted by molar-refractivity contribution is 0.685. The maximum Gasteiger partial charge on any atom is 0.173 e. The highest BCUT2D eigenvalue weighted by atomic mass is 32.2. The molecule has 2 aromatic carbocycles. The Kier molecular flexibility index (Phi) is 2.18. The first-order valence-electron chi connectivity index (χ1n) is 5.02. The van der Waals surface area contributed by atoms with Crippen LogP contribution in [0.2, 0.25) is 0 Å². The standard InChI is InChI=1S/C13H9NOS/c15-16-12-9-5-4-8-11(12)13(14-16)10-6-2-1-3-7-10/h1-9H. The topological polar surface area (TPSA) is 29.4 Å². The van der Waals surface area contributed by atoms with Crippen molar-refractivity contribution in [2.24, 2.45) is 4.40 Å². The molecule has 1 atom stereocenters. The van der Waals surface area contributed by atoms with Crippen LogP contribution in [0, 0.1) is 0 Å². The fraction of sp³-hybridized carbons (Fsp3) is 0. The van der Waals surface area contributed by atoms with E-state index in [0.717, 1.165) is 21.7 Å². The van der Waals surface area contributed by atoms with Crippen LogP contribution >= 0.6 is 0 Å². The summed E-state index contributed by atoms with van der Waals surface area (Å²) in [5, 5.41) is 0. The van der Waals surface area contributed by atoms with E-state index in [1.165, 1.54) is 0 Å². The molecule has 0 saturated carbocycles. The lowest BCUT2D eigenvalue weighted by atomic mass is 10.0. The van der Waals surface area contributed by atoms with Crippen molar-refractivity contribution in [1.29, 1.82) is 0 Å². The Hall–Kier alpha value is -1.74. The maximum atomic E-state index is 11.8. The van der Waals surface area contributed by atoms with Crippen molar-refractivity contribution in [3.05, 3.63) is 65.7 Å². The maximum absolute atomic E-state index is 11.8. The summed E-state index contributed by atoms with van der Waals surface area (Å²) in [6.07, 6.45) is 0. The SMILES string of the molecule is O=S1N=C(c2ccccc2)c2ccccc21. The van der Waals surface area contributed by atoms with Gasteiger partial charge in [-0.3, -0.25) is 0 Å². The summed E-state index contributed by atoms with van der Waals surface area (Å²) in [5.41, 5.74) is 2.82. The third kappa shape index (κ3) is 1.41. The van der Waals surface area contributed by atoms with Crippen LogP contribution in [0.4, 0.5) is 0 Å². The van der Waals surface area contributed by atoms with Gasteiger partial charge < -0.3 is 0 Å². The van der Waals surface area contributed by atoms with Gasteiger partial charge in [0.25, 0.3) is 0 Å². The summed E-state index contributed by atoms with van der Waals surface area (Å²) in [6, 6.07) is 17.5. The number of hydrogen-bond donors (Lipinski definition) is 0. The molecule has 0 spiro atoms. The van der Waals surface area contributed by atoms with E-state index in [1.54, 1.807) is 0 Å². The molecule has 0 fully saturated rings. The summed E-state index contributed by atoms with van der Waals surface area (Å²) < 4.78 is 16.0. The molecular formula is C13H9NOS. The molecule has 3 heteroatoms. The zero-order valence-electron chi connectivity index (χ0n) is 8.46. The van der Waals surface area contributed by atoms with Crippen LogP contribution in [0.15, 0.2) is 63.9 Å². The van der Waals surface area contributed by atoms with Crippen molar-refractivity contribution >= 4 is 16.7 Å². The smallest absolute Gasteiger partial charge is 0.173 e. The van der Waals surface area contributed by atoms with Gasteiger partial charge in [0.2, 0.25) is 0 Å². The molecule has 1 heterocycles. The van der Waals surface area contributed by atoms with Crippen molar-refractivity contribution in [1.82, 2.24) is 0 Å². The van der Waals surface area contributed by atoms with Gasteiger partial charge in [0.15, 0.2) is 11.0 Å². The van der Waals surface area contributed by atoms with E-state index in [-0.39, 0.29) is 0 Å². The Morgan fingerprint density at radius 1 is 0.875 bits per heavy atom. The van der Waals surface area contributed by atoms with Gasteiger partial charge in [-0.15, -0.1) is 0 Å². The molecular weight excluding hydrogens is 218 g/mol. The van der Waals surface area contributed by atoms with E-state index in [2.05, 4.69) is 4.40 Å². The second kappa shape index (κ2) is 3.68. The zero-order valence-corrected chi connectivity index (χ0v) is 9.28. The lowest BCUT2D eigenvalue weighted by Gasteiger charge is -2.01. The second-order valence-electron chi connectivity index (χ2n) is 3.55. The van der Waals surface area contributed by atoms with Gasteiger partial charge in [0.1, 0.15) is 0 Å². The van der Waals surface area contributed by atoms with Gasteiger partial charge in [-0.25, -0.2) is 4.21 Å². The van der Waals surface area contributed by atoms with Crippen LogP contribution in [-0.4, -0.2) is 9.92 Å². The highest BCUT2D eigenvalue weighted by Gasteiger charge is 2.22. The molecule has 2 aromatic rings. The molecule has 0 radical (unpaired) electrons. The molecule has 0 bridgehead atoms. The molecule has 0 amide bonds. The third-order valence-corrected chi connectivity index (χ3v) is 3.63. The Labute approximate surface area is 96.3 Å². The summed E-state index contributed by atoms with van der Waals surface area (Å²) in [4.78, 5) is 0.807. The van der Waals surface area contributed by atoms with Crippen LogP contribution in [-0.2, 0) is 11.0 Å². The Bertz CT molecular complexity index is 590. The Balaban J connectivity index is 2.19. The van der Waals surface area contributed by atoms with Crippen LogP contribution in [0.25, 0.3) is 0 Å². The summed E-state index contributed by atoms with van der Waals surface area (Å²) in [6.45, 7) is 0. The molecule has 1 aliphatic heterocycles. The van der Waals surface area contributed by atoms with Gasteiger partial charge in [0.05, 0.1) is 10.6 Å². The average Bonchev–Trinajstić information content (AvgIpc) is 2.69. The minimum Gasteiger partial charge on any atom is -0.229 e. The van der Waals surface area contributed by atoms with E-state index in [1.807, 2.05) is 54.6 Å². The monoisotopic (exact) mass is 227 g/mol. The first kappa shape index (κ1) is 9.48. The molecule has 1 aliphatic rings. The number of nitrogens with zero attached hydrogens (tertiary/aromatic N) is 1. The van der Waals surface area contributed by atoms with Crippen molar-refractivity contribution in [3.8, 4) is 0 Å².